The lowest BCUT2D eigenvalue weighted by Crippen LogP contribution is -2.50. The first-order valence-corrected chi connectivity index (χ1v) is 10.1. The molecule has 1 aromatic carbocycles. The van der Waals surface area contributed by atoms with Crippen molar-refractivity contribution in [3.8, 4) is 0 Å². The summed E-state index contributed by atoms with van der Waals surface area (Å²) in [6.45, 7) is 3.54. The zero-order valence-corrected chi connectivity index (χ0v) is 17.2. The monoisotopic (exact) mass is 424 g/mol. The molecule has 1 aliphatic heterocycles. The maximum atomic E-state index is 13.1. The Morgan fingerprint density at radius 1 is 1.20 bits per heavy atom. The molecule has 0 atom stereocenters. The van der Waals surface area contributed by atoms with Crippen LogP contribution >= 0.6 is 11.6 Å². The lowest BCUT2D eigenvalue weighted by atomic mass is 10.0. The second-order valence-corrected chi connectivity index (χ2v) is 8.02. The van der Waals surface area contributed by atoms with Crippen molar-refractivity contribution in [1.29, 1.82) is 0 Å². The number of halogens is 1. The van der Waals surface area contributed by atoms with E-state index in [4.69, 9.17) is 11.6 Å². The Labute approximate surface area is 178 Å². The lowest BCUT2D eigenvalue weighted by Gasteiger charge is -2.37. The van der Waals surface area contributed by atoms with Gasteiger partial charge in [0.05, 0.1) is 0 Å². The second kappa shape index (κ2) is 8.28. The molecule has 0 radical (unpaired) electrons. The van der Waals surface area contributed by atoms with E-state index in [1.807, 2.05) is 0 Å². The van der Waals surface area contributed by atoms with Crippen LogP contribution in [0.5, 0.6) is 0 Å². The third-order valence-electron chi connectivity index (χ3n) is 5.17. The number of hydrogen-bond donors (Lipinski definition) is 1. The Balaban J connectivity index is 1.62. The van der Waals surface area contributed by atoms with Gasteiger partial charge in [-0.2, -0.15) is 0 Å². The predicted molar refractivity (Wildman–Crippen MR) is 114 cm³/mol. The van der Waals surface area contributed by atoms with Crippen LogP contribution in [0.15, 0.2) is 53.5 Å². The highest BCUT2D eigenvalue weighted by Crippen LogP contribution is 2.16. The van der Waals surface area contributed by atoms with E-state index in [0.29, 0.717) is 35.1 Å². The van der Waals surface area contributed by atoms with Crippen LogP contribution in [0, 0.1) is 5.92 Å². The predicted octanol–water partition coefficient (Wildman–Crippen LogP) is 2.46. The number of nitrogens with one attached hydrogen (secondary N) is 1. The number of carbonyl (C=O) groups excluding carboxylic acids is 2. The molecule has 30 heavy (non-hydrogen) atoms. The number of hydrogen-bond acceptors (Lipinski definition) is 4. The fourth-order valence-electron chi connectivity index (χ4n) is 3.53. The number of benzene rings is 1. The molecule has 1 fully saturated rings. The summed E-state index contributed by atoms with van der Waals surface area (Å²) in [6, 6.07) is 12.1. The van der Waals surface area contributed by atoms with Gasteiger partial charge < -0.3 is 10.2 Å². The highest BCUT2D eigenvalue weighted by Gasteiger charge is 2.28. The van der Waals surface area contributed by atoms with Crippen LogP contribution in [0.1, 0.15) is 22.8 Å². The standard InChI is InChI=1S/C22H21ClN4O3/c1-14-11-26(12-14)19(28)13-27-20-16(3-2-8-24-20)9-18(22(27)30)21(29)25-10-15-4-6-17(23)7-5-15/h2-9,14H,10-13H2,1H3,(H,25,29). The summed E-state index contributed by atoms with van der Waals surface area (Å²) < 4.78 is 1.29. The van der Waals surface area contributed by atoms with E-state index in [2.05, 4.69) is 17.2 Å². The quantitative estimate of drug-likeness (QED) is 0.681. The van der Waals surface area contributed by atoms with Gasteiger partial charge in [0, 0.05) is 36.2 Å². The summed E-state index contributed by atoms with van der Waals surface area (Å²) >= 11 is 5.88. The molecular formula is C22H21ClN4O3. The van der Waals surface area contributed by atoms with Crippen LogP contribution < -0.4 is 10.9 Å². The Morgan fingerprint density at radius 3 is 2.63 bits per heavy atom. The van der Waals surface area contributed by atoms with E-state index in [9.17, 15) is 14.4 Å². The zero-order valence-electron chi connectivity index (χ0n) is 16.5. The first kappa shape index (κ1) is 20.1. The van der Waals surface area contributed by atoms with Gasteiger partial charge in [0.2, 0.25) is 5.91 Å². The molecular weight excluding hydrogens is 404 g/mol. The Bertz CT molecular complexity index is 1170. The Hall–Kier alpha value is -3.19. The van der Waals surface area contributed by atoms with E-state index < -0.39 is 11.5 Å². The minimum absolute atomic E-state index is 0.0192. The molecule has 7 nitrogen and oxygen atoms in total. The van der Waals surface area contributed by atoms with Gasteiger partial charge in [-0.05, 0) is 41.8 Å². The van der Waals surface area contributed by atoms with Crippen LogP contribution in [-0.4, -0.2) is 39.4 Å². The molecule has 1 aliphatic rings. The van der Waals surface area contributed by atoms with Crippen molar-refractivity contribution in [3.05, 3.63) is 75.2 Å². The van der Waals surface area contributed by atoms with Crippen LogP contribution in [0.3, 0.4) is 0 Å². The van der Waals surface area contributed by atoms with Gasteiger partial charge in [0.15, 0.2) is 0 Å². The van der Waals surface area contributed by atoms with E-state index in [0.717, 1.165) is 5.56 Å². The summed E-state index contributed by atoms with van der Waals surface area (Å²) in [5.41, 5.74) is 0.697. The van der Waals surface area contributed by atoms with E-state index >= 15 is 0 Å². The van der Waals surface area contributed by atoms with Gasteiger partial charge in [0.25, 0.3) is 11.5 Å². The average Bonchev–Trinajstić information content (AvgIpc) is 2.72. The van der Waals surface area contributed by atoms with Gasteiger partial charge in [-0.25, -0.2) is 4.98 Å². The van der Waals surface area contributed by atoms with Gasteiger partial charge in [-0.1, -0.05) is 30.7 Å². The molecule has 1 N–H and O–H groups in total. The summed E-state index contributed by atoms with van der Waals surface area (Å²) in [5, 5.41) is 3.99. The van der Waals surface area contributed by atoms with Crippen molar-refractivity contribution in [1.82, 2.24) is 19.8 Å². The maximum Gasteiger partial charge on any atom is 0.265 e. The minimum atomic E-state index is -0.531. The number of rotatable bonds is 5. The molecule has 8 heteroatoms. The number of nitrogens with zero attached hydrogens (tertiary/aromatic N) is 3. The van der Waals surface area contributed by atoms with Gasteiger partial charge in [-0.15, -0.1) is 0 Å². The van der Waals surface area contributed by atoms with Gasteiger partial charge >= 0.3 is 0 Å². The highest BCUT2D eigenvalue weighted by atomic mass is 35.5. The fourth-order valence-corrected chi connectivity index (χ4v) is 3.66. The topological polar surface area (TPSA) is 84.3 Å². The van der Waals surface area contributed by atoms with Crippen molar-refractivity contribution in [2.45, 2.75) is 20.0 Å². The maximum absolute atomic E-state index is 13.1. The molecule has 1 saturated heterocycles. The van der Waals surface area contributed by atoms with Crippen molar-refractivity contribution >= 4 is 34.4 Å². The normalized spacial score (nSPS) is 13.9. The third-order valence-corrected chi connectivity index (χ3v) is 5.42. The van der Waals surface area contributed by atoms with Crippen molar-refractivity contribution < 1.29 is 9.59 Å². The summed E-state index contributed by atoms with van der Waals surface area (Å²) in [7, 11) is 0. The number of amides is 2. The van der Waals surface area contributed by atoms with Crippen molar-refractivity contribution in [2.75, 3.05) is 13.1 Å². The number of pyridine rings is 2. The SMILES string of the molecule is CC1CN(C(=O)Cn2c(=O)c(C(=O)NCc3ccc(Cl)cc3)cc3cccnc32)C1. The average molecular weight is 425 g/mol. The summed E-state index contributed by atoms with van der Waals surface area (Å²) in [6.07, 6.45) is 1.56. The van der Waals surface area contributed by atoms with Crippen molar-refractivity contribution in [3.63, 3.8) is 0 Å². The molecule has 2 amide bonds. The molecule has 3 aromatic rings. The zero-order chi connectivity index (χ0) is 21.3. The molecule has 0 aliphatic carbocycles. The minimum Gasteiger partial charge on any atom is -0.348 e. The molecule has 0 spiro atoms. The van der Waals surface area contributed by atoms with Gasteiger partial charge in [-0.3, -0.25) is 19.0 Å². The third kappa shape index (κ3) is 4.07. The molecule has 2 aromatic heterocycles. The van der Waals surface area contributed by atoms with E-state index in [1.165, 1.54) is 10.6 Å². The van der Waals surface area contributed by atoms with Crippen molar-refractivity contribution in [2.24, 2.45) is 5.92 Å². The first-order chi connectivity index (χ1) is 14.4. The fraction of sp³-hybridized carbons (Fsp3) is 0.273. The molecule has 154 valence electrons. The summed E-state index contributed by atoms with van der Waals surface area (Å²) in [4.78, 5) is 44.4. The van der Waals surface area contributed by atoms with Crippen LogP contribution in [0.4, 0.5) is 0 Å². The smallest absolute Gasteiger partial charge is 0.265 e. The Morgan fingerprint density at radius 2 is 1.93 bits per heavy atom. The molecule has 0 saturated carbocycles. The Kier molecular flexibility index (Phi) is 5.55. The molecule has 0 bridgehead atoms. The lowest BCUT2D eigenvalue weighted by molar-refractivity contribution is -0.137. The molecule has 3 heterocycles. The number of carbonyl (C=O) groups is 2. The largest absolute Gasteiger partial charge is 0.348 e. The second-order valence-electron chi connectivity index (χ2n) is 7.58. The number of fused-ring (bicyclic) bond motifs is 1. The van der Waals surface area contributed by atoms with Crippen LogP contribution in [0.25, 0.3) is 11.0 Å². The number of likely N-dealkylation sites (tertiary alicyclic amines) is 1. The number of aromatic nitrogens is 2. The molecule has 4 rings (SSSR count). The van der Waals surface area contributed by atoms with E-state index in [1.54, 1.807) is 47.5 Å². The van der Waals surface area contributed by atoms with Crippen LogP contribution in [0.2, 0.25) is 5.02 Å². The van der Waals surface area contributed by atoms with E-state index in [-0.39, 0.29) is 24.6 Å². The summed E-state index contributed by atoms with van der Waals surface area (Å²) in [5.74, 6) is -0.189. The first-order valence-electron chi connectivity index (χ1n) is 9.71. The molecule has 0 unspecified atom stereocenters. The highest BCUT2D eigenvalue weighted by molar-refractivity contribution is 6.30. The van der Waals surface area contributed by atoms with Crippen LogP contribution in [-0.2, 0) is 17.9 Å². The van der Waals surface area contributed by atoms with Gasteiger partial charge in [0.1, 0.15) is 17.8 Å².